The van der Waals surface area contributed by atoms with E-state index in [1.54, 1.807) is 0 Å². The molecule has 1 aromatic rings. The topological polar surface area (TPSA) is 54.4 Å². The van der Waals surface area contributed by atoms with Crippen LogP contribution < -0.4 is 0 Å². The molecule has 0 aromatic heterocycles. The second kappa shape index (κ2) is 4.49. The van der Waals surface area contributed by atoms with Gasteiger partial charge in [-0.2, -0.15) is 0 Å². The van der Waals surface area contributed by atoms with Crippen molar-refractivity contribution in [3.05, 3.63) is 35.6 Å². The molecule has 0 spiro atoms. The summed E-state index contributed by atoms with van der Waals surface area (Å²) in [5, 5.41) is 9.68. The fraction of sp³-hybridized carbons (Fsp3) is 0.333. The molecule has 7 heteroatoms. The first-order valence-electron chi connectivity index (χ1n) is 4.18. The van der Waals surface area contributed by atoms with Gasteiger partial charge in [-0.25, -0.2) is 12.8 Å². The van der Waals surface area contributed by atoms with Crippen LogP contribution in [0.15, 0.2) is 24.3 Å². The van der Waals surface area contributed by atoms with E-state index in [-0.39, 0.29) is 5.56 Å². The Kier molecular flexibility index (Phi) is 3.84. The van der Waals surface area contributed by atoms with Crippen molar-refractivity contribution < 1.29 is 17.9 Å². The van der Waals surface area contributed by atoms with E-state index < -0.39 is 25.4 Å². The molecule has 1 rings (SSSR count). The highest BCUT2D eigenvalue weighted by molar-refractivity contribution is 7.94. The van der Waals surface area contributed by atoms with Gasteiger partial charge in [-0.05, 0) is 6.07 Å². The lowest BCUT2D eigenvalue weighted by molar-refractivity contribution is 0.176. The summed E-state index contributed by atoms with van der Waals surface area (Å²) in [6.07, 6.45) is -1.09. The molecule has 1 aromatic carbocycles. The van der Waals surface area contributed by atoms with E-state index in [2.05, 4.69) is 0 Å². The lowest BCUT2D eigenvalue weighted by Gasteiger charge is -2.24. The van der Waals surface area contributed by atoms with Gasteiger partial charge in [0.25, 0.3) is 0 Å². The minimum absolute atomic E-state index is 0.266. The molecule has 0 unspecified atom stereocenters. The van der Waals surface area contributed by atoms with E-state index in [1.165, 1.54) is 18.2 Å². The van der Waals surface area contributed by atoms with Gasteiger partial charge in [0, 0.05) is 11.8 Å². The smallest absolute Gasteiger partial charge is 0.247 e. The first kappa shape index (κ1) is 13.7. The number of alkyl halides is 2. The minimum Gasteiger partial charge on any atom is -0.384 e. The first-order valence-corrected chi connectivity index (χ1v) is 6.82. The van der Waals surface area contributed by atoms with Gasteiger partial charge >= 0.3 is 0 Å². The molecule has 16 heavy (non-hydrogen) atoms. The van der Waals surface area contributed by atoms with Gasteiger partial charge in [-0.3, -0.25) is 0 Å². The molecule has 0 amide bonds. The maximum Gasteiger partial charge on any atom is 0.247 e. The van der Waals surface area contributed by atoms with E-state index >= 15 is 0 Å². The molecule has 0 aliphatic carbocycles. The number of aliphatic hydroxyl groups excluding tert-OH is 1. The normalized spacial score (nSPS) is 14.8. The summed E-state index contributed by atoms with van der Waals surface area (Å²) in [4.78, 5) is 0. The number of aliphatic hydroxyl groups is 1. The Morgan fingerprint density at radius 1 is 1.38 bits per heavy atom. The van der Waals surface area contributed by atoms with Crippen molar-refractivity contribution in [2.45, 2.75) is 9.77 Å². The summed E-state index contributed by atoms with van der Waals surface area (Å²) in [5.41, 5.74) is -0.266. The predicted octanol–water partition coefficient (Wildman–Crippen LogP) is 2.04. The molecular formula is C9H9Cl2FO3S. The predicted molar refractivity (Wildman–Crippen MR) is 60.6 cm³/mol. The van der Waals surface area contributed by atoms with Crippen LogP contribution in [0.2, 0.25) is 0 Å². The standard InChI is InChI=1S/C9H9Cl2FO3S/c1-16(14,15)9(10,11)8(13)6-4-2-3-5-7(6)12/h2-5,8,13H,1H3/t8-/m1/s1. The maximum absolute atomic E-state index is 13.3. The molecule has 0 radical (unpaired) electrons. The zero-order valence-electron chi connectivity index (χ0n) is 8.19. The van der Waals surface area contributed by atoms with Gasteiger partial charge in [0.2, 0.25) is 3.67 Å². The molecule has 0 heterocycles. The second-order valence-electron chi connectivity index (χ2n) is 3.26. The molecule has 0 aliphatic heterocycles. The monoisotopic (exact) mass is 286 g/mol. The highest BCUT2D eigenvalue weighted by atomic mass is 35.5. The number of sulfone groups is 1. The summed E-state index contributed by atoms with van der Waals surface area (Å²) in [6, 6.07) is 5.12. The molecule has 0 saturated carbocycles. The van der Waals surface area contributed by atoms with Crippen LogP contribution in [0.1, 0.15) is 11.7 Å². The van der Waals surface area contributed by atoms with Gasteiger partial charge in [-0.1, -0.05) is 41.4 Å². The minimum atomic E-state index is -3.95. The van der Waals surface area contributed by atoms with Crippen molar-refractivity contribution in [1.29, 1.82) is 0 Å². The molecule has 0 fully saturated rings. The van der Waals surface area contributed by atoms with Crippen molar-refractivity contribution in [1.82, 2.24) is 0 Å². The number of rotatable bonds is 3. The molecule has 0 bridgehead atoms. The summed E-state index contributed by atoms with van der Waals surface area (Å²) in [5.74, 6) is -0.774. The van der Waals surface area contributed by atoms with Crippen LogP contribution >= 0.6 is 23.2 Å². The third-order valence-electron chi connectivity index (χ3n) is 2.01. The van der Waals surface area contributed by atoms with Crippen LogP contribution in [0, 0.1) is 5.82 Å². The van der Waals surface area contributed by atoms with Crippen LogP contribution in [-0.2, 0) is 9.84 Å². The van der Waals surface area contributed by atoms with Gasteiger partial charge in [0.05, 0.1) is 0 Å². The lowest BCUT2D eigenvalue weighted by Crippen LogP contribution is -2.33. The van der Waals surface area contributed by atoms with Gasteiger partial charge in [0.15, 0.2) is 9.84 Å². The fourth-order valence-electron chi connectivity index (χ4n) is 1.08. The van der Waals surface area contributed by atoms with Crippen molar-refractivity contribution in [2.75, 3.05) is 6.26 Å². The largest absolute Gasteiger partial charge is 0.384 e. The summed E-state index contributed by atoms with van der Waals surface area (Å²) < 4.78 is 33.3. The van der Waals surface area contributed by atoms with Crippen LogP contribution in [-0.4, -0.2) is 23.4 Å². The van der Waals surface area contributed by atoms with Gasteiger partial charge < -0.3 is 5.11 Å². The number of benzene rings is 1. The average Bonchev–Trinajstić information content (AvgIpc) is 2.15. The Morgan fingerprint density at radius 2 is 1.88 bits per heavy atom. The Hall–Kier alpha value is -0.360. The van der Waals surface area contributed by atoms with Crippen molar-refractivity contribution in [3.8, 4) is 0 Å². The summed E-state index contributed by atoms with van der Waals surface area (Å²) in [7, 11) is -3.95. The molecule has 0 saturated heterocycles. The maximum atomic E-state index is 13.3. The third-order valence-corrected chi connectivity index (χ3v) is 5.32. The van der Waals surface area contributed by atoms with E-state index in [0.29, 0.717) is 0 Å². The SMILES string of the molecule is CS(=O)(=O)C(Cl)(Cl)[C@H](O)c1ccccc1F. The highest BCUT2D eigenvalue weighted by Crippen LogP contribution is 2.40. The fourth-order valence-corrected chi connectivity index (χ4v) is 1.85. The summed E-state index contributed by atoms with van der Waals surface area (Å²) >= 11 is 11.1. The molecule has 3 nitrogen and oxygen atoms in total. The van der Waals surface area contributed by atoms with Crippen LogP contribution in [0.4, 0.5) is 4.39 Å². The third kappa shape index (κ3) is 2.48. The number of halogens is 3. The number of hydrogen-bond acceptors (Lipinski definition) is 3. The Balaban J connectivity index is 3.23. The van der Waals surface area contributed by atoms with Crippen molar-refractivity contribution in [2.24, 2.45) is 0 Å². The van der Waals surface area contributed by atoms with Crippen LogP contribution in [0.3, 0.4) is 0 Å². The zero-order valence-corrected chi connectivity index (χ0v) is 10.5. The zero-order chi connectivity index (χ0) is 12.6. The van der Waals surface area contributed by atoms with Crippen molar-refractivity contribution >= 4 is 33.0 Å². The van der Waals surface area contributed by atoms with Gasteiger partial charge in [0.1, 0.15) is 11.9 Å². The highest BCUT2D eigenvalue weighted by Gasteiger charge is 2.45. The second-order valence-corrected chi connectivity index (χ2v) is 7.28. The van der Waals surface area contributed by atoms with Crippen molar-refractivity contribution in [3.63, 3.8) is 0 Å². The molecule has 90 valence electrons. The first-order chi connectivity index (χ1) is 7.18. The molecular weight excluding hydrogens is 278 g/mol. The Morgan fingerprint density at radius 3 is 2.31 bits per heavy atom. The van der Waals surface area contributed by atoms with Gasteiger partial charge in [-0.15, -0.1) is 0 Å². The van der Waals surface area contributed by atoms with Crippen LogP contribution in [0.25, 0.3) is 0 Å². The van der Waals surface area contributed by atoms with Crippen LogP contribution in [0.5, 0.6) is 0 Å². The molecule has 1 atom stereocenters. The molecule has 1 N–H and O–H groups in total. The quantitative estimate of drug-likeness (QED) is 0.865. The lowest BCUT2D eigenvalue weighted by atomic mass is 10.1. The number of hydrogen-bond donors (Lipinski definition) is 1. The van der Waals surface area contributed by atoms with E-state index in [1.807, 2.05) is 0 Å². The Bertz CT molecular complexity index is 487. The Labute approximate surface area is 103 Å². The molecule has 0 aliphatic rings. The average molecular weight is 287 g/mol. The van der Waals surface area contributed by atoms with E-state index in [4.69, 9.17) is 23.2 Å². The van der Waals surface area contributed by atoms with E-state index in [0.717, 1.165) is 12.3 Å². The summed E-state index contributed by atoms with van der Waals surface area (Å²) in [6.45, 7) is 0. The van der Waals surface area contributed by atoms with E-state index in [9.17, 15) is 17.9 Å².